The highest BCUT2D eigenvalue weighted by Crippen LogP contribution is 2.38. The summed E-state index contributed by atoms with van der Waals surface area (Å²) in [4.78, 5) is 10.6. The van der Waals surface area contributed by atoms with Gasteiger partial charge >= 0.3 is 0 Å². The Morgan fingerprint density at radius 3 is 3.00 bits per heavy atom. The monoisotopic (exact) mass is 169 g/mol. The van der Waals surface area contributed by atoms with Gasteiger partial charge in [-0.2, -0.15) is 0 Å². The summed E-state index contributed by atoms with van der Waals surface area (Å²) in [5.41, 5.74) is -0.0291. The van der Waals surface area contributed by atoms with Gasteiger partial charge in [0.15, 0.2) is 0 Å². The molecule has 12 heavy (non-hydrogen) atoms. The first-order valence-electron chi connectivity index (χ1n) is 4.49. The van der Waals surface area contributed by atoms with E-state index in [-0.39, 0.29) is 17.7 Å². The zero-order chi connectivity index (χ0) is 8.77. The molecule has 3 atom stereocenters. The second kappa shape index (κ2) is 2.54. The van der Waals surface area contributed by atoms with Crippen molar-refractivity contribution < 1.29 is 9.53 Å². The van der Waals surface area contributed by atoms with Crippen LogP contribution in [0, 0.1) is 5.92 Å². The molecule has 68 valence electrons. The molecule has 2 heterocycles. The van der Waals surface area contributed by atoms with Gasteiger partial charge in [0.2, 0.25) is 0 Å². The maximum Gasteiger partial charge on any atom is 0.137 e. The lowest BCUT2D eigenvalue weighted by atomic mass is 9.91. The van der Waals surface area contributed by atoms with Crippen molar-refractivity contribution in [1.29, 1.82) is 0 Å². The molecule has 0 aromatic carbocycles. The van der Waals surface area contributed by atoms with E-state index >= 15 is 0 Å². The van der Waals surface area contributed by atoms with E-state index < -0.39 is 0 Å². The summed E-state index contributed by atoms with van der Waals surface area (Å²) < 4.78 is 5.78. The van der Waals surface area contributed by atoms with Crippen LogP contribution >= 0.6 is 0 Å². The molecule has 2 rings (SSSR count). The van der Waals surface area contributed by atoms with Gasteiger partial charge in [-0.05, 0) is 20.3 Å². The Bertz CT molecular complexity index is 203. The van der Waals surface area contributed by atoms with Gasteiger partial charge in [0.05, 0.1) is 17.7 Å². The van der Waals surface area contributed by atoms with Crippen LogP contribution < -0.4 is 5.32 Å². The number of nitrogens with one attached hydrogen (secondary N) is 1. The molecule has 0 bridgehead atoms. The smallest absolute Gasteiger partial charge is 0.137 e. The first-order chi connectivity index (χ1) is 5.62. The highest BCUT2D eigenvalue weighted by molar-refractivity contribution is 5.59. The molecule has 3 heteroatoms. The topological polar surface area (TPSA) is 38.3 Å². The molecule has 0 amide bonds. The summed E-state index contributed by atoms with van der Waals surface area (Å²) in [7, 11) is 0. The molecule has 0 unspecified atom stereocenters. The van der Waals surface area contributed by atoms with E-state index in [0.29, 0.717) is 5.92 Å². The zero-order valence-corrected chi connectivity index (χ0v) is 7.54. The number of aldehydes is 1. The van der Waals surface area contributed by atoms with E-state index in [2.05, 4.69) is 19.2 Å². The van der Waals surface area contributed by atoms with Gasteiger partial charge < -0.3 is 14.8 Å². The first kappa shape index (κ1) is 8.20. The van der Waals surface area contributed by atoms with Crippen LogP contribution in [0.15, 0.2) is 0 Å². The average molecular weight is 169 g/mol. The molecular weight excluding hydrogens is 154 g/mol. The van der Waals surface area contributed by atoms with Gasteiger partial charge in [-0.25, -0.2) is 0 Å². The van der Waals surface area contributed by atoms with Gasteiger partial charge in [0.1, 0.15) is 6.29 Å². The molecule has 0 spiro atoms. The standard InChI is InChI=1S/C9H15NO2/c1-9(2)3-6-7(5-11)10-4-8(6)12-9/h5-8,10H,3-4H2,1-2H3/t6-,7-,8+/m1/s1. The van der Waals surface area contributed by atoms with Crippen molar-refractivity contribution >= 4 is 6.29 Å². The minimum absolute atomic E-state index is 0.0248. The van der Waals surface area contributed by atoms with Crippen molar-refractivity contribution in [2.45, 2.75) is 38.0 Å². The first-order valence-corrected chi connectivity index (χ1v) is 4.49. The van der Waals surface area contributed by atoms with E-state index in [1.807, 2.05) is 0 Å². The van der Waals surface area contributed by atoms with Crippen molar-refractivity contribution in [1.82, 2.24) is 5.32 Å². The van der Waals surface area contributed by atoms with E-state index in [0.717, 1.165) is 19.3 Å². The minimum atomic E-state index is -0.0291. The summed E-state index contributed by atoms with van der Waals surface area (Å²) in [6, 6.07) is 0.0248. The van der Waals surface area contributed by atoms with Crippen LogP contribution in [0.25, 0.3) is 0 Å². The quantitative estimate of drug-likeness (QED) is 0.575. The van der Waals surface area contributed by atoms with Gasteiger partial charge in [-0.1, -0.05) is 0 Å². The molecule has 2 aliphatic heterocycles. The van der Waals surface area contributed by atoms with Crippen molar-refractivity contribution in [3.63, 3.8) is 0 Å². The fourth-order valence-corrected chi connectivity index (χ4v) is 2.35. The summed E-state index contributed by atoms with van der Waals surface area (Å²) >= 11 is 0. The van der Waals surface area contributed by atoms with Crippen molar-refractivity contribution in [2.75, 3.05) is 6.54 Å². The fraction of sp³-hybridized carbons (Fsp3) is 0.889. The maximum atomic E-state index is 10.6. The van der Waals surface area contributed by atoms with Crippen LogP contribution in [0.2, 0.25) is 0 Å². The number of carbonyl (C=O) groups excluding carboxylic acids is 1. The van der Waals surface area contributed by atoms with Crippen molar-refractivity contribution in [2.24, 2.45) is 5.92 Å². The van der Waals surface area contributed by atoms with Crippen LogP contribution in [-0.4, -0.2) is 30.6 Å². The zero-order valence-electron chi connectivity index (χ0n) is 7.54. The Hall–Kier alpha value is -0.410. The Kier molecular flexibility index (Phi) is 1.73. The van der Waals surface area contributed by atoms with Crippen LogP contribution in [0.1, 0.15) is 20.3 Å². The fourth-order valence-electron chi connectivity index (χ4n) is 2.35. The molecular formula is C9H15NO2. The predicted molar refractivity (Wildman–Crippen MR) is 44.9 cm³/mol. The minimum Gasteiger partial charge on any atom is -0.371 e. The van der Waals surface area contributed by atoms with Gasteiger partial charge in [-0.15, -0.1) is 0 Å². The van der Waals surface area contributed by atoms with Gasteiger partial charge in [0, 0.05) is 12.5 Å². The van der Waals surface area contributed by atoms with E-state index in [9.17, 15) is 4.79 Å². The summed E-state index contributed by atoms with van der Waals surface area (Å²) in [6.45, 7) is 5.01. The highest BCUT2D eigenvalue weighted by atomic mass is 16.5. The number of fused-ring (bicyclic) bond motifs is 1. The van der Waals surface area contributed by atoms with Gasteiger partial charge in [0.25, 0.3) is 0 Å². The average Bonchev–Trinajstić information content (AvgIpc) is 2.42. The molecule has 3 nitrogen and oxygen atoms in total. The van der Waals surface area contributed by atoms with Crippen molar-refractivity contribution in [3.05, 3.63) is 0 Å². The Morgan fingerprint density at radius 1 is 1.58 bits per heavy atom. The van der Waals surface area contributed by atoms with E-state index in [1.165, 1.54) is 0 Å². The summed E-state index contributed by atoms with van der Waals surface area (Å²) in [5, 5.41) is 3.15. The SMILES string of the molecule is CC1(C)C[C@H]2[C@H](CN[C@@H]2C=O)O1. The second-order valence-corrected chi connectivity index (χ2v) is 4.35. The summed E-state index contributed by atoms with van der Waals surface area (Å²) in [5.74, 6) is 0.400. The third-order valence-electron chi connectivity index (χ3n) is 2.84. The Morgan fingerprint density at radius 2 is 2.33 bits per heavy atom. The third kappa shape index (κ3) is 1.17. The lowest BCUT2D eigenvalue weighted by Gasteiger charge is -2.19. The Balaban J connectivity index is 2.11. The van der Waals surface area contributed by atoms with E-state index in [4.69, 9.17) is 4.74 Å². The largest absolute Gasteiger partial charge is 0.371 e. The molecule has 2 aliphatic rings. The predicted octanol–water partition coefficient (Wildman–Crippen LogP) is 0.341. The van der Waals surface area contributed by atoms with Crippen LogP contribution in [0.5, 0.6) is 0 Å². The highest BCUT2D eigenvalue weighted by Gasteiger charge is 2.47. The molecule has 2 fully saturated rings. The second-order valence-electron chi connectivity index (χ2n) is 4.35. The lowest BCUT2D eigenvalue weighted by molar-refractivity contribution is -0.110. The van der Waals surface area contributed by atoms with Crippen molar-refractivity contribution in [3.8, 4) is 0 Å². The van der Waals surface area contributed by atoms with Gasteiger partial charge in [-0.3, -0.25) is 0 Å². The molecule has 0 saturated carbocycles. The normalized spacial score (nSPS) is 44.3. The summed E-state index contributed by atoms with van der Waals surface area (Å²) in [6.07, 6.45) is 2.26. The Labute approximate surface area is 72.5 Å². The molecule has 0 radical (unpaired) electrons. The van der Waals surface area contributed by atoms with Crippen LogP contribution in [0.3, 0.4) is 0 Å². The maximum absolute atomic E-state index is 10.6. The molecule has 2 saturated heterocycles. The molecule has 0 aromatic heterocycles. The van der Waals surface area contributed by atoms with E-state index in [1.54, 1.807) is 0 Å². The van der Waals surface area contributed by atoms with Crippen LogP contribution in [-0.2, 0) is 9.53 Å². The number of ether oxygens (including phenoxy) is 1. The lowest BCUT2D eigenvalue weighted by Crippen LogP contribution is -2.31. The molecule has 0 aliphatic carbocycles. The number of rotatable bonds is 1. The number of hydrogen-bond acceptors (Lipinski definition) is 3. The molecule has 0 aromatic rings. The van der Waals surface area contributed by atoms with Crippen LogP contribution in [0.4, 0.5) is 0 Å². The molecule has 1 N–H and O–H groups in total. The number of hydrogen-bond donors (Lipinski definition) is 1. The number of carbonyl (C=O) groups is 1. The third-order valence-corrected chi connectivity index (χ3v) is 2.84.